The van der Waals surface area contributed by atoms with Gasteiger partial charge in [0.25, 0.3) is 5.91 Å². The van der Waals surface area contributed by atoms with E-state index in [1.165, 1.54) is 0 Å². The van der Waals surface area contributed by atoms with Crippen LogP contribution in [0.15, 0.2) is 64.7 Å². The minimum atomic E-state index is -0.891. The molecular formula is C22H29N4O3+. The number of carbonyl (C=O) groups excluding carboxylic acids is 1. The summed E-state index contributed by atoms with van der Waals surface area (Å²) in [5, 5.41) is 13.0. The molecule has 2 atom stereocenters. The molecule has 154 valence electrons. The molecule has 3 rings (SSSR count). The Bertz CT molecular complexity index is 876. The molecule has 2 unspecified atom stereocenters. The van der Waals surface area contributed by atoms with E-state index in [-0.39, 0.29) is 18.0 Å². The lowest BCUT2D eigenvalue weighted by Gasteiger charge is -2.20. The number of hydrogen-bond acceptors (Lipinski definition) is 5. The second-order valence-electron chi connectivity index (χ2n) is 7.84. The summed E-state index contributed by atoms with van der Waals surface area (Å²) in [5.41, 5.74) is 11.3. The molecule has 7 nitrogen and oxygen atoms in total. The number of ether oxygens (including phenoxy) is 1. The van der Waals surface area contributed by atoms with Crippen molar-refractivity contribution in [2.75, 3.05) is 0 Å². The van der Waals surface area contributed by atoms with E-state index in [1.54, 1.807) is 26.1 Å². The van der Waals surface area contributed by atoms with E-state index >= 15 is 0 Å². The van der Waals surface area contributed by atoms with E-state index in [9.17, 15) is 9.90 Å². The average molecular weight is 397 g/mol. The summed E-state index contributed by atoms with van der Waals surface area (Å²) in [7, 11) is 0. The van der Waals surface area contributed by atoms with Crippen LogP contribution in [0.1, 0.15) is 37.8 Å². The second-order valence-corrected chi connectivity index (χ2v) is 7.84. The SMILES string of the molecule is CC(C)(O)c1ccc(CNC(=O)C2=C(OC3=CC([NH3+])C(N)C=C3)N=CCC2)cc1. The fraction of sp³-hybridized carbons (Fsp3) is 0.364. The maximum Gasteiger partial charge on any atom is 0.252 e. The fourth-order valence-corrected chi connectivity index (χ4v) is 3.07. The lowest BCUT2D eigenvalue weighted by atomic mass is 9.97. The molecule has 0 radical (unpaired) electrons. The molecular weight excluding hydrogens is 368 g/mol. The Labute approximate surface area is 170 Å². The second kappa shape index (κ2) is 8.73. The minimum Gasteiger partial charge on any atom is -0.439 e. The lowest BCUT2D eigenvalue weighted by molar-refractivity contribution is -0.405. The first-order valence-corrected chi connectivity index (χ1v) is 9.76. The molecule has 7 N–H and O–H groups in total. The molecule has 0 spiro atoms. The molecule has 0 saturated carbocycles. The quantitative estimate of drug-likeness (QED) is 0.572. The van der Waals surface area contributed by atoms with Crippen molar-refractivity contribution in [1.82, 2.24) is 5.32 Å². The summed E-state index contributed by atoms with van der Waals surface area (Å²) < 4.78 is 5.86. The zero-order valence-electron chi connectivity index (χ0n) is 16.9. The van der Waals surface area contributed by atoms with Crippen LogP contribution in [0, 0.1) is 0 Å². The Morgan fingerprint density at radius 1 is 1.38 bits per heavy atom. The molecule has 0 aromatic heterocycles. The molecule has 2 aliphatic rings. The van der Waals surface area contributed by atoms with Crippen LogP contribution in [-0.4, -0.2) is 29.3 Å². The molecule has 1 aromatic rings. The number of carbonyl (C=O) groups is 1. The van der Waals surface area contributed by atoms with Gasteiger partial charge in [-0.15, -0.1) is 0 Å². The lowest BCUT2D eigenvalue weighted by Crippen LogP contribution is -2.67. The highest BCUT2D eigenvalue weighted by Crippen LogP contribution is 2.23. The van der Waals surface area contributed by atoms with Crippen molar-refractivity contribution in [2.45, 2.75) is 50.9 Å². The number of hydrogen-bond donors (Lipinski definition) is 4. The molecule has 0 fully saturated rings. The van der Waals surface area contributed by atoms with E-state index in [4.69, 9.17) is 10.5 Å². The van der Waals surface area contributed by atoms with Gasteiger partial charge in [-0.05, 0) is 43.9 Å². The van der Waals surface area contributed by atoms with Crippen molar-refractivity contribution < 1.29 is 20.4 Å². The number of benzene rings is 1. The van der Waals surface area contributed by atoms with E-state index in [1.807, 2.05) is 36.4 Å². The van der Waals surface area contributed by atoms with Crippen molar-refractivity contribution in [3.63, 3.8) is 0 Å². The molecule has 1 amide bonds. The van der Waals surface area contributed by atoms with Crippen molar-refractivity contribution in [3.05, 3.63) is 70.8 Å². The van der Waals surface area contributed by atoms with Crippen LogP contribution < -0.4 is 16.8 Å². The first-order chi connectivity index (χ1) is 13.7. The van der Waals surface area contributed by atoms with Crippen LogP contribution in [0.3, 0.4) is 0 Å². The van der Waals surface area contributed by atoms with Gasteiger partial charge in [0.05, 0.1) is 17.2 Å². The van der Waals surface area contributed by atoms with E-state index in [0.29, 0.717) is 36.6 Å². The number of nitrogens with two attached hydrogens (primary N) is 1. The predicted octanol–water partition coefficient (Wildman–Crippen LogP) is 1.01. The van der Waals surface area contributed by atoms with E-state index in [2.05, 4.69) is 16.0 Å². The molecule has 1 aliphatic carbocycles. The van der Waals surface area contributed by atoms with Crippen LogP contribution in [0.2, 0.25) is 0 Å². The maximum absolute atomic E-state index is 12.7. The molecule has 1 heterocycles. The first kappa shape index (κ1) is 21.0. The third-order valence-electron chi connectivity index (χ3n) is 4.95. The highest BCUT2D eigenvalue weighted by molar-refractivity contribution is 5.95. The fourth-order valence-electron chi connectivity index (χ4n) is 3.07. The normalized spacial score (nSPS) is 21.8. The van der Waals surface area contributed by atoms with E-state index < -0.39 is 5.60 Å². The molecule has 1 aliphatic heterocycles. The molecule has 0 bridgehead atoms. The van der Waals surface area contributed by atoms with Gasteiger partial charge in [-0.1, -0.05) is 30.3 Å². The van der Waals surface area contributed by atoms with Gasteiger partial charge in [0.2, 0.25) is 5.88 Å². The summed E-state index contributed by atoms with van der Waals surface area (Å²) in [6.07, 6.45) is 8.45. The number of aliphatic imine (C=N–C) groups is 1. The average Bonchev–Trinajstić information content (AvgIpc) is 2.69. The van der Waals surface area contributed by atoms with Gasteiger partial charge in [0.15, 0.2) is 0 Å². The largest absolute Gasteiger partial charge is 0.439 e. The first-order valence-electron chi connectivity index (χ1n) is 9.76. The highest BCUT2D eigenvalue weighted by atomic mass is 16.5. The monoisotopic (exact) mass is 397 g/mol. The highest BCUT2D eigenvalue weighted by Gasteiger charge is 2.22. The summed E-state index contributed by atoms with van der Waals surface area (Å²) in [6, 6.07) is 7.29. The van der Waals surface area contributed by atoms with Crippen LogP contribution in [0.5, 0.6) is 0 Å². The Morgan fingerprint density at radius 2 is 2.10 bits per heavy atom. The van der Waals surface area contributed by atoms with Gasteiger partial charge in [-0.25, -0.2) is 4.99 Å². The molecule has 7 heteroatoms. The van der Waals surface area contributed by atoms with Crippen LogP contribution in [0.25, 0.3) is 0 Å². The Balaban J connectivity index is 1.67. The summed E-state index contributed by atoms with van der Waals surface area (Å²) in [4.78, 5) is 17.0. The predicted molar refractivity (Wildman–Crippen MR) is 111 cm³/mol. The Morgan fingerprint density at radius 3 is 2.76 bits per heavy atom. The third-order valence-corrected chi connectivity index (χ3v) is 4.95. The zero-order chi connectivity index (χ0) is 21.0. The number of aliphatic hydroxyl groups is 1. The summed E-state index contributed by atoms with van der Waals surface area (Å²) in [5.74, 6) is 0.699. The Kier molecular flexibility index (Phi) is 6.32. The third kappa shape index (κ3) is 5.41. The van der Waals surface area contributed by atoms with Crippen LogP contribution in [-0.2, 0) is 21.7 Å². The number of amides is 1. The topological polar surface area (TPSA) is 125 Å². The number of nitrogens with zero attached hydrogens (tertiary/aromatic N) is 1. The van der Waals surface area contributed by atoms with E-state index in [0.717, 1.165) is 11.1 Å². The number of quaternary nitrogens is 1. The van der Waals surface area contributed by atoms with Crippen LogP contribution in [0.4, 0.5) is 0 Å². The van der Waals surface area contributed by atoms with Crippen molar-refractivity contribution in [3.8, 4) is 0 Å². The van der Waals surface area contributed by atoms with Gasteiger partial charge in [0, 0.05) is 18.8 Å². The summed E-state index contributed by atoms with van der Waals surface area (Å²) in [6.45, 7) is 3.86. The maximum atomic E-state index is 12.7. The number of rotatable bonds is 6. The zero-order valence-corrected chi connectivity index (χ0v) is 16.9. The smallest absolute Gasteiger partial charge is 0.252 e. The van der Waals surface area contributed by atoms with Gasteiger partial charge in [-0.2, -0.15) is 0 Å². The standard InChI is InChI=1S/C22H28N4O3/c1-22(2,28)15-7-5-14(6-8-15)13-26-20(27)17-4-3-11-25-21(17)29-16-9-10-18(23)19(24)12-16/h5-12,18-19,28H,3-4,13,23-24H2,1-2H3,(H,26,27)/p+1. The van der Waals surface area contributed by atoms with Gasteiger partial charge < -0.3 is 26.6 Å². The van der Waals surface area contributed by atoms with Crippen molar-refractivity contribution >= 4 is 12.1 Å². The van der Waals surface area contributed by atoms with Gasteiger partial charge >= 0.3 is 0 Å². The summed E-state index contributed by atoms with van der Waals surface area (Å²) >= 11 is 0. The van der Waals surface area contributed by atoms with Gasteiger partial charge in [0.1, 0.15) is 11.8 Å². The Hall–Kier alpha value is -2.74. The molecule has 0 saturated heterocycles. The van der Waals surface area contributed by atoms with Gasteiger partial charge in [-0.3, -0.25) is 4.79 Å². The van der Waals surface area contributed by atoms with Crippen molar-refractivity contribution in [2.24, 2.45) is 10.7 Å². The minimum absolute atomic E-state index is 0.0904. The van der Waals surface area contributed by atoms with Crippen molar-refractivity contribution in [1.29, 1.82) is 0 Å². The van der Waals surface area contributed by atoms with Crippen LogP contribution >= 0.6 is 0 Å². The molecule has 29 heavy (non-hydrogen) atoms. The number of allylic oxidation sites excluding steroid dienone is 1. The molecule has 1 aromatic carbocycles. The number of nitrogens with one attached hydrogen (secondary N) is 1.